The van der Waals surface area contributed by atoms with E-state index in [0.29, 0.717) is 30.1 Å². The monoisotopic (exact) mass is 215 g/mol. The lowest BCUT2D eigenvalue weighted by Gasteiger charge is -2.03. The third kappa shape index (κ3) is 2.56. The van der Waals surface area contributed by atoms with E-state index in [1.165, 1.54) is 6.20 Å². The highest BCUT2D eigenvalue weighted by molar-refractivity contribution is 6.17. The molecule has 0 fully saturated rings. The number of hydrogen-bond acceptors (Lipinski definition) is 4. The van der Waals surface area contributed by atoms with Crippen LogP contribution in [0.5, 0.6) is 0 Å². The number of aryl methyl sites for hydroxylation is 1. The number of nitrogen functional groups attached to an aromatic ring is 1. The summed E-state index contributed by atoms with van der Waals surface area (Å²) in [5.41, 5.74) is 6.51. The Bertz CT molecular complexity index is 343. The van der Waals surface area contributed by atoms with Gasteiger partial charge < -0.3 is 10.8 Å². The number of carbonyl (C=O) groups is 1. The third-order valence-electron chi connectivity index (χ3n) is 1.64. The van der Waals surface area contributed by atoms with E-state index in [-0.39, 0.29) is 5.82 Å². The first-order chi connectivity index (χ1) is 6.65. The predicted molar refractivity (Wildman–Crippen MR) is 52.4 cm³/mol. The van der Waals surface area contributed by atoms with E-state index in [0.717, 1.165) is 0 Å². The van der Waals surface area contributed by atoms with E-state index in [4.69, 9.17) is 22.4 Å². The molecule has 0 unspecified atom stereocenters. The summed E-state index contributed by atoms with van der Waals surface area (Å²) < 4.78 is 0. The van der Waals surface area contributed by atoms with Crippen LogP contribution in [-0.4, -0.2) is 26.9 Å². The van der Waals surface area contributed by atoms with Crippen LogP contribution in [0.15, 0.2) is 6.20 Å². The summed E-state index contributed by atoms with van der Waals surface area (Å²) in [5, 5.41) is 8.63. The number of carboxylic acids is 1. The first-order valence-corrected chi connectivity index (χ1v) is 4.59. The van der Waals surface area contributed by atoms with Crippen molar-refractivity contribution in [1.29, 1.82) is 0 Å². The van der Waals surface area contributed by atoms with Gasteiger partial charge in [-0.15, -0.1) is 11.6 Å². The van der Waals surface area contributed by atoms with Crippen molar-refractivity contribution in [2.24, 2.45) is 0 Å². The fraction of sp³-hybridized carbons (Fsp3) is 0.375. The van der Waals surface area contributed by atoms with Gasteiger partial charge in [0.05, 0.1) is 17.6 Å². The molecule has 1 rings (SSSR count). The number of halogens is 1. The molecule has 0 saturated carbocycles. The number of hydrogen-bond donors (Lipinski definition) is 2. The molecule has 0 saturated heterocycles. The molecule has 0 aliphatic heterocycles. The standard InChI is InChI=1S/C8H10ClN3O2/c9-3-1-2-6-5(10)4-11-7(12-6)8(13)14/h4H,1-3,10H2,(H,13,14). The summed E-state index contributed by atoms with van der Waals surface area (Å²) in [6, 6.07) is 0. The van der Waals surface area contributed by atoms with Crippen molar-refractivity contribution in [1.82, 2.24) is 9.97 Å². The molecule has 5 nitrogen and oxygen atoms in total. The van der Waals surface area contributed by atoms with Gasteiger partial charge in [-0.05, 0) is 12.8 Å². The molecule has 1 heterocycles. The van der Waals surface area contributed by atoms with Gasteiger partial charge >= 0.3 is 5.97 Å². The van der Waals surface area contributed by atoms with E-state index in [2.05, 4.69) is 9.97 Å². The lowest BCUT2D eigenvalue weighted by atomic mass is 10.2. The van der Waals surface area contributed by atoms with Gasteiger partial charge in [0, 0.05) is 5.88 Å². The minimum absolute atomic E-state index is 0.233. The predicted octanol–water partition coefficient (Wildman–Crippen LogP) is 0.928. The van der Waals surface area contributed by atoms with Crippen LogP contribution in [0.2, 0.25) is 0 Å². The lowest BCUT2D eigenvalue weighted by Crippen LogP contribution is -2.09. The molecule has 3 N–H and O–H groups in total. The molecule has 0 aromatic carbocycles. The largest absolute Gasteiger partial charge is 0.475 e. The maximum atomic E-state index is 10.5. The maximum absolute atomic E-state index is 10.5. The van der Waals surface area contributed by atoms with Gasteiger partial charge in [-0.3, -0.25) is 0 Å². The Morgan fingerprint density at radius 1 is 1.64 bits per heavy atom. The summed E-state index contributed by atoms with van der Waals surface area (Å²) in [4.78, 5) is 17.9. The number of nitrogens with two attached hydrogens (primary N) is 1. The average Bonchev–Trinajstić information content (AvgIpc) is 2.16. The van der Waals surface area contributed by atoms with Crippen LogP contribution in [0, 0.1) is 0 Å². The highest BCUT2D eigenvalue weighted by Gasteiger charge is 2.09. The van der Waals surface area contributed by atoms with Crippen molar-refractivity contribution < 1.29 is 9.90 Å². The summed E-state index contributed by atoms with van der Waals surface area (Å²) in [5.74, 6) is -0.896. The third-order valence-corrected chi connectivity index (χ3v) is 1.91. The number of aromatic nitrogens is 2. The zero-order valence-electron chi connectivity index (χ0n) is 7.40. The van der Waals surface area contributed by atoms with Gasteiger partial charge in [-0.1, -0.05) is 0 Å². The second kappa shape index (κ2) is 4.76. The summed E-state index contributed by atoms with van der Waals surface area (Å²) in [6.45, 7) is 0. The Labute approximate surface area is 85.9 Å². The molecule has 76 valence electrons. The smallest absolute Gasteiger partial charge is 0.373 e. The van der Waals surface area contributed by atoms with Crippen molar-refractivity contribution in [3.63, 3.8) is 0 Å². The zero-order valence-corrected chi connectivity index (χ0v) is 8.16. The zero-order chi connectivity index (χ0) is 10.6. The van der Waals surface area contributed by atoms with E-state index in [1.54, 1.807) is 0 Å². The topological polar surface area (TPSA) is 89.1 Å². The minimum Gasteiger partial charge on any atom is -0.475 e. The van der Waals surface area contributed by atoms with Gasteiger partial charge in [0.25, 0.3) is 0 Å². The van der Waals surface area contributed by atoms with Crippen molar-refractivity contribution >= 4 is 23.3 Å². The lowest BCUT2D eigenvalue weighted by molar-refractivity contribution is 0.0683. The van der Waals surface area contributed by atoms with Crippen LogP contribution >= 0.6 is 11.6 Å². The first-order valence-electron chi connectivity index (χ1n) is 4.05. The fourth-order valence-corrected chi connectivity index (χ4v) is 1.10. The molecule has 0 amide bonds. The van der Waals surface area contributed by atoms with Crippen LogP contribution in [0.4, 0.5) is 5.69 Å². The van der Waals surface area contributed by atoms with Crippen molar-refractivity contribution in [2.45, 2.75) is 12.8 Å². The fourth-order valence-electron chi connectivity index (χ4n) is 0.964. The normalized spacial score (nSPS) is 10.1. The molecule has 0 aliphatic rings. The number of alkyl halides is 1. The number of aromatic carboxylic acids is 1. The number of anilines is 1. The van der Waals surface area contributed by atoms with Gasteiger partial charge in [-0.2, -0.15) is 0 Å². The molecule has 0 atom stereocenters. The average molecular weight is 216 g/mol. The Morgan fingerprint density at radius 2 is 2.36 bits per heavy atom. The Hall–Kier alpha value is -1.36. The quantitative estimate of drug-likeness (QED) is 0.730. The summed E-state index contributed by atoms with van der Waals surface area (Å²) >= 11 is 5.51. The number of nitrogens with zero attached hydrogens (tertiary/aromatic N) is 2. The molecule has 0 bridgehead atoms. The number of carboxylic acid groups (broad SMARTS) is 1. The van der Waals surface area contributed by atoms with E-state index in [9.17, 15) is 4.79 Å². The Balaban J connectivity index is 2.90. The van der Waals surface area contributed by atoms with Crippen molar-refractivity contribution in [3.8, 4) is 0 Å². The molecule has 0 radical (unpaired) electrons. The second-order valence-electron chi connectivity index (χ2n) is 2.69. The van der Waals surface area contributed by atoms with Crippen LogP contribution < -0.4 is 5.73 Å². The summed E-state index contributed by atoms with van der Waals surface area (Å²) in [7, 11) is 0. The molecule has 1 aromatic rings. The molecule has 0 spiro atoms. The van der Waals surface area contributed by atoms with E-state index >= 15 is 0 Å². The van der Waals surface area contributed by atoms with Crippen LogP contribution in [-0.2, 0) is 6.42 Å². The highest BCUT2D eigenvalue weighted by atomic mass is 35.5. The molecule has 0 aliphatic carbocycles. The van der Waals surface area contributed by atoms with Gasteiger partial charge in [0.2, 0.25) is 5.82 Å². The molecule has 14 heavy (non-hydrogen) atoms. The van der Waals surface area contributed by atoms with Gasteiger partial charge in [0.15, 0.2) is 0 Å². The van der Waals surface area contributed by atoms with E-state index < -0.39 is 5.97 Å². The SMILES string of the molecule is Nc1cnc(C(=O)O)nc1CCCCl. The highest BCUT2D eigenvalue weighted by Crippen LogP contribution is 2.10. The first kappa shape index (κ1) is 10.7. The van der Waals surface area contributed by atoms with Crippen molar-refractivity contribution in [2.75, 3.05) is 11.6 Å². The van der Waals surface area contributed by atoms with E-state index in [1.807, 2.05) is 0 Å². The van der Waals surface area contributed by atoms with Gasteiger partial charge in [0.1, 0.15) is 0 Å². The van der Waals surface area contributed by atoms with Crippen molar-refractivity contribution in [3.05, 3.63) is 17.7 Å². The Kier molecular flexibility index (Phi) is 3.64. The van der Waals surface area contributed by atoms with Crippen LogP contribution in [0.3, 0.4) is 0 Å². The number of rotatable bonds is 4. The van der Waals surface area contributed by atoms with Crippen LogP contribution in [0.1, 0.15) is 22.7 Å². The molecule has 6 heteroatoms. The second-order valence-corrected chi connectivity index (χ2v) is 3.07. The maximum Gasteiger partial charge on any atom is 0.373 e. The van der Waals surface area contributed by atoms with Gasteiger partial charge in [-0.25, -0.2) is 14.8 Å². The minimum atomic E-state index is -1.16. The summed E-state index contributed by atoms with van der Waals surface area (Å²) in [6.07, 6.45) is 2.58. The molecular weight excluding hydrogens is 206 g/mol. The molecule has 1 aromatic heterocycles. The van der Waals surface area contributed by atoms with Crippen LogP contribution in [0.25, 0.3) is 0 Å². The molecular formula is C8H10ClN3O2. The Morgan fingerprint density at radius 3 is 2.93 bits per heavy atom.